The summed E-state index contributed by atoms with van der Waals surface area (Å²) >= 11 is 1.02. The normalized spacial score (nSPS) is 12.2. The van der Waals surface area contributed by atoms with E-state index in [1.807, 2.05) is 0 Å². The van der Waals surface area contributed by atoms with Crippen LogP contribution in [0.2, 0.25) is 0 Å². The second-order valence-electron chi connectivity index (χ2n) is 2.79. The molecule has 1 aromatic rings. The summed E-state index contributed by atoms with van der Waals surface area (Å²) in [5.74, 6) is -0.613. The standard InChI is InChI=1S/C9H9BrO4S/c1-14-9(11)7-2-6(5-15(12)13)3-8(10)4-7/h2-4H,5H2,1H3,(H,12,13)/p-1. The maximum absolute atomic E-state index is 11.2. The Morgan fingerprint density at radius 3 is 2.73 bits per heavy atom. The maximum atomic E-state index is 11.2. The van der Waals surface area contributed by atoms with Gasteiger partial charge in [-0.1, -0.05) is 27.0 Å². The van der Waals surface area contributed by atoms with Crippen LogP contribution in [-0.2, 0) is 21.6 Å². The lowest BCUT2D eigenvalue weighted by molar-refractivity contribution is 0.0600. The Morgan fingerprint density at radius 1 is 1.53 bits per heavy atom. The summed E-state index contributed by atoms with van der Waals surface area (Å²) in [6.07, 6.45) is 0. The molecular formula is C9H8BrO4S-. The molecule has 0 heterocycles. The largest absolute Gasteiger partial charge is 0.772 e. The van der Waals surface area contributed by atoms with Crippen molar-refractivity contribution in [2.24, 2.45) is 0 Å². The third kappa shape index (κ3) is 3.73. The summed E-state index contributed by atoms with van der Waals surface area (Å²) < 4.78 is 26.2. The number of carbonyl (C=O) groups is 1. The maximum Gasteiger partial charge on any atom is 0.337 e. The summed E-state index contributed by atoms with van der Waals surface area (Å²) in [4.78, 5) is 11.2. The van der Waals surface area contributed by atoms with Crippen LogP contribution < -0.4 is 0 Å². The highest BCUT2D eigenvalue weighted by Gasteiger charge is 2.07. The predicted molar refractivity (Wildman–Crippen MR) is 58.1 cm³/mol. The van der Waals surface area contributed by atoms with Crippen LogP contribution in [0.5, 0.6) is 0 Å². The molecule has 0 radical (unpaired) electrons. The average Bonchev–Trinajstić information content (AvgIpc) is 2.14. The van der Waals surface area contributed by atoms with Crippen LogP contribution in [0.3, 0.4) is 0 Å². The third-order valence-electron chi connectivity index (χ3n) is 1.66. The average molecular weight is 292 g/mol. The minimum Gasteiger partial charge on any atom is -0.772 e. The van der Waals surface area contributed by atoms with Crippen molar-refractivity contribution in [2.75, 3.05) is 7.11 Å². The number of hydrogen-bond donors (Lipinski definition) is 0. The van der Waals surface area contributed by atoms with Crippen molar-refractivity contribution in [1.29, 1.82) is 0 Å². The molecule has 1 unspecified atom stereocenters. The van der Waals surface area contributed by atoms with Crippen molar-refractivity contribution < 1.29 is 18.3 Å². The number of methoxy groups -OCH3 is 1. The molecule has 0 N–H and O–H groups in total. The van der Waals surface area contributed by atoms with E-state index >= 15 is 0 Å². The van der Waals surface area contributed by atoms with Crippen molar-refractivity contribution >= 4 is 33.0 Å². The molecule has 15 heavy (non-hydrogen) atoms. The lowest BCUT2D eigenvalue weighted by Crippen LogP contribution is -2.03. The first kappa shape index (κ1) is 12.4. The second-order valence-corrected chi connectivity index (χ2v) is 4.60. The van der Waals surface area contributed by atoms with Crippen molar-refractivity contribution in [3.05, 3.63) is 33.8 Å². The molecule has 0 spiro atoms. The minimum absolute atomic E-state index is 0.122. The molecule has 1 rings (SSSR count). The fraction of sp³-hybridized carbons (Fsp3) is 0.222. The number of hydrogen-bond acceptors (Lipinski definition) is 4. The van der Waals surface area contributed by atoms with Crippen molar-refractivity contribution in [2.45, 2.75) is 5.75 Å². The van der Waals surface area contributed by atoms with E-state index in [0.717, 1.165) is 0 Å². The molecular weight excluding hydrogens is 284 g/mol. The first-order valence-electron chi connectivity index (χ1n) is 3.96. The monoisotopic (exact) mass is 291 g/mol. The number of halogens is 1. The van der Waals surface area contributed by atoms with E-state index in [9.17, 15) is 13.6 Å². The molecule has 6 heteroatoms. The quantitative estimate of drug-likeness (QED) is 0.627. The first-order valence-corrected chi connectivity index (χ1v) is 6.00. The van der Waals surface area contributed by atoms with E-state index < -0.39 is 17.0 Å². The smallest absolute Gasteiger partial charge is 0.337 e. The molecule has 0 saturated heterocycles. The molecule has 82 valence electrons. The van der Waals surface area contributed by atoms with Crippen LogP contribution in [0.1, 0.15) is 15.9 Å². The van der Waals surface area contributed by atoms with Crippen LogP contribution >= 0.6 is 15.9 Å². The zero-order valence-electron chi connectivity index (χ0n) is 7.86. The van der Waals surface area contributed by atoms with Crippen molar-refractivity contribution in [1.82, 2.24) is 0 Å². The Balaban J connectivity index is 3.04. The van der Waals surface area contributed by atoms with Gasteiger partial charge >= 0.3 is 5.97 Å². The van der Waals surface area contributed by atoms with Gasteiger partial charge in [0, 0.05) is 10.2 Å². The van der Waals surface area contributed by atoms with Gasteiger partial charge in [-0.2, -0.15) is 0 Å². The van der Waals surface area contributed by atoms with Gasteiger partial charge in [0.1, 0.15) is 0 Å². The van der Waals surface area contributed by atoms with Crippen LogP contribution in [0, 0.1) is 0 Å². The number of rotatable bonds is 3. The van der Waals surface area contributed by atoms with Crippen LogP contribution in [0.4, 0.5) is 0 Å². The zero-order chi connectivity index (χ0) is 11.4. The fourth-order valence-electron chi connectivity index (χ4n) is 1.11. The molecule has 4 nitrogen and oxygen atoms in total. The third-order valence-corrected chi connectivity index (χ3v) is 2.69. The molecule has 0 fully saturated rings. The van der Waals surface area contributed by atoms with Crippen LogP contribution in [-0.4, -0.2) is 21.8 Å². The van der Waals surface area contributed by atoms with Crippen molar-refractivity contribution in [3.8, 4) is 0 Å². The molecule has 0 saturated carbocycles. The Bertz CT molecular complexity index is 405. The molecule has 0 aliphatic rings. The zero-order valence-corrected chi connectivity index (χ0v) is 10.3. The van der Waals surface area contributed by atoms with Gasteiger partial charge in [0.2, 0.25) is 0 Å². The van der Waals surface area contributed by atoms with Crippen molar-refractivity contribution in [3.63, 3.8) is 0 Å². The predicted octanol–water partition coefficient (Wildman–Crippen LogP) is 1.61. The number of carbonyl (C=O) groups excluding carboxylic acids is 1. The van der Waals surface area contributed by atoms with Gasteiger partial charge in [-0.05, 0) is 23.8 Å². The van der Waals surface area contributed by atoms with E-state index in [4.69, 9.17) is 0 Å². The topological polar surface area (TPSA) is 66.4 Å². The number of benzene rings is 1. The fourth-order valence-corrected chi connectivity index (χ4v) is 2.09. The highest BCUT2D eigenvalue weighted by atomic mass is 79.9. The molecule has 0 aliphatic carbocycles. The number of ether oxygens (including phenoxy) is 1. The molecule has 1 atom stereocenters. The molecule has 0 aliphatic heterocycles. The summed E-state index contributed by atoms with van der Waals surface area (Å²) in [5.41, 5.74) is 0.866. The lowest BCUT2D eigenvalue weighted by Gasteiger charge is -2.07. The Kier molecular flexibility index (Phi) is 4.44. The first-order chi connectivity index (χ1) is 7.02. The van der Waals surface area contributed by atoms with Crippen LogP contribution in [0.15, 0.2) is 22.7 Å². The van der Waals surface area contributed by atoms with E-state index in [0.29, 0.717) is 15.6 Å². The van der Waals surface area contributed by atoms with Crippen LogP contribution in [0.25, 0.3) is 0 Å². The molecule has 1 aromatic carbocycles. The minimum atomic E-state index is -2.17. The van der Waals surface area contributed by atoms with Gasteiger partial charge in [0.15, 0.2) is 0 Å². The van der Waals surface area contributed by atoms with Gasteiger partial charge < -0.3 is 9.29 Å². The summed E-state index contributed by atoms with van der Waals surface area (Å²) in [6.45, 7) is 0. The Morgan fingerprint density at radius 2 is 2.20 bits per heavy atom. The molecule has 0 amide bonds. The summed E-state index contributed by atoms with van der Waals surface area (Å²) in [6, 6.07) is 4.71. The Labute approximate surface area is 98.0 Å². The Hall–Kier alpha value is -0.720. The lowest BCUT2D eigenvalue weighted by atomic mass is 10.1. The van der Waals surface area contributed by atoms with E-state index in [2.05, 4.69) is 20.7 Å². The van der Waals surface area contributed by atoms with Gasteiger partial charge in [-0.15, -0.1) is 0 Å². The molecule has 0 bridgehead atoms. The highest BCUT2D eigenvalue weighted by Crippen LogP contribution is 2.17. The highest BCUT2D eigenvalue weighted by molar-refractivity contribution is 9.10. The second kappa shape index (κ2) is 5.39. The van der Waals surface area contributed by atoms with E-state index in [1.54, 1.807) is 12.1 Å². The molecule has 0 aromatic heterocycles. The summed E-state index contributed by atoms with van der Waals surface area (Å²) in [5, 5.41) is 0. The summed E-state index contributed by atoms with van der Waals surface area (Å²) in [7, 11) is 1.27. The van der Waals surface area contributed by atoms with E-state index in [-0.39, 0.29) is 5.75 Å². The van der Waals surface area contributed by atoms with Gasteiger partial charge in [-0.3, -0.25) is 4.21 Å². The van der Waals surface area contributed by atoms with Gasteiger partial charge in [-0.25, -0.2) is 4.79 Å². The number of esters is 1. The van der Waals surface area contributed by atoms with Gasteiger partial charge in [0.05, 0.1) is 12.7 Å². The SMILES string of the molecule is COC(=O)c1cc(Br)cc(CS(=O)[O-])c1. The van der Waals surface area contributed by atoms with E-state index in [1.165, 1.54) is 13.2 Å². The van der Waals surface area contributed by atoms with Gasteiger partial charge in [0.25, 0.3) is 0 Å².